The van der Waals surface area contributed by atoms with Crippen molar-refractivity contribution >= 4 is 212 Å². The molecule has 0 saturated heterocycles. The van der Waals surface area contributed by atoms with E-state index in [0.717, 1.165) is 20.1 Å². The van der Waals surface area contributed by atoms with Gasteiger partial charge in [0, 0.05) is 64.9 Å². The van der Waals surface area contributed by atoms with Gasteiger partial charge < -0.3 is 24.2 Å². The van der Waals surface area contributed by atoms with Gasteiger partial charge in [-0.2, -0.15) is 0 Å². The quantitative estimate of drug-likeness (QED) is 0.0901. The minimum absolute atomic E-state index is 0. The topological polar surface area (TPSA) is 80.6 Å². The van der Waals surface area contributed by atoms with E-state index in [1.807, 2.05) is 72.8 Å². The molecule has 2 aliphatic heterocycles. The minimum atomic E-state index is -1.53. The average Bonchev–Trinajstić information content (AvgIpc) is 3.98. The molecule has 0 bridgehead atoms. The van der Waals surface area contributed by atoms with Crippen LogP contribution in [0.25, 0.3) is 11.1 Å². The van der Waals surface area contributed by atoms with Crippen LogP contribution in [0.5, 0.6) is 0 Å². The fourth-order valence-electron chi connectivity index (χ4n) is 7.70. The van der Waals surface area contributed by atoms with Crippen molar-refractivity contribution in [2.75, 3.05) is 21.3 Å². The molecule has 0 saturated carbocycles. The molecule has 7 nitrogen and oxygen atoms in total. The summed E-state index contributed by atoms with van der Waals surface area (Å²) in [5.41, 5.74) is 6.16. The molecular weight excluding hydrogens is 1590 g/mol. The first-order valence-corrected chi connectivity index (χ1v) is 27.8. The number of aliphatic imine (C=N–C) groups is 2. The maximum Gasteiger partial charge on any atom is 2.00 e. The van der Waals surface area contributed by atoms with Crippen LogP contribution in [0, 0.1) is 0 Å². The van der Waals surface area contributed by atoms with Crippen LogP contribution >= 0.6 is 190 Å². The SMILES string of the molecule is COC(C1=N/C(=C(/c2ccc(Cl)cc2)c2[n-]c(Br)c(Br)c2Br)C(Br)=C1Br)(C1=N/C(=C(/c2ccc(Cl)cc2)c2[n-]c(C(OC)(OC)c3ccc(Cl)cc3)c(Br)c2Br)C(Br)=C1Br)c1ccc(Cl)cc1.[Zn+2]. The molecular formula is C47H25Br9Cl4N4O3Zn. The molecule has 4 heterocycles. The number of aromatic nitrogens is 2. The normalized spacial score (nSPS) is 16.5. The number of halogens is 13. The van der Waals surface area contributed by atoms with Gasteiger partial charge >= 0.3 is 19.5 Å². The van der Waals surface area contributed by atoms with Gasteiger partial charge in [0.2, 0.25) is 5.79 Å². The van der Waals surface area contributed by atoms with Crippen LogP contribution in [-0.2, 0) is 45.1 Å². The summed E-state index contributed by atoms with van der Waals surface area (Å²) in [6.07, 6.45) is 0. The van der Waals surface area contributed by atoms with Gasteiger partial charge in [0.15, 0.2) is 5.60 Å². The Kier molecular flexibility index (Phi) is 18.5. The smallest absolute Gasteiger partial charge is 0.654 e. The Morgan fingerprint density at radius 1 is 0.456 bits per heavy atom. The van der Waals surface area contributed by atoms with E-state index in [9.17, 15) is 0 Å². The van der Waals surface area contributed by atoms with Crippen molar-refractivity contribution in [1.82, 2.24) is 9.97 Å². The zero-order chi connectivity index (χ0) is 48.3. The van der Waals surface area contributed by atoms with E-state index in [1.165, 1.54) is 0 Å². The second-order valence-electron chi connectivity index (χ2n) is 14.4. The first-order chi connectivity index (χ1) is 31.9. The van der Waals surface area contributed by atoms with Gasteiger partial charge in [-0.05, 0) is 140 Å². The summed E-state index contributed by atoms with van der Waals surface area (Å²) in [5.74, 6) is -1.46. The number of hydrogen-bond acceptors (Lipinski definition) is 5. The van der Waals surface area contributed by atoms with E-state index in [2.05, 4.69) is 143 Å². The van der Waals surface area contributed by atoms with Crippen molar-refractivity contribution in [1.29, 1.82) is 0 Å². The Balaban J connectivity index is 0.00000684. The predicted octanol–water partition coefficient (Wildman–Crippen LogP) is 18.2. The van der Waals surface area contributed by atoms with Gasteiger partial charge in [-0.1, -0.05) is 185 Å². The van der Waals surface area contributed by atoms with Crippen molar-refractivity contribution < 1.29 is 33.7 Å². The number of methoxy groups -OCH3 is 3. The molecule has 344 valence electrons. The summed E-state index contributed by atoms with van der Waals surface area (Å²) in [5, 5.41) is 2.20. The molecule has 4 aromatic carbocycles. The Morgan fingerprint density at radius 3 is 1.19 bits per heavy atom. The van der Waals surface area contributed by atoms with Crippen molar-refractivity contribution in [2.45, 2.75) is 11.4 Å². The van der Waals surface area contributed by atoms with E-state index in [4.69, 9.17) is 80.6 Å². The van der Waals surface area contributed by atoms with Crippen LogP contribution in [0.3, 0.4) is 0 Å². The van der Waals surface area contributed by atoms with Crippen molar-refractivity contribution in [3.63, 3.8) is 0 Å². The van der Waals surface area contributed by atoms with E-state index in [-0.39, 0.29) is 19.5 Å². The number of hydrogen-bond donors (Lipinski definition) is 0. The summed E-state index contributed by atoms with van der Waals surface area (Å²) in [4.78, 5) is 21.2. The molecule has 1 unspecified atom stereocenters. The van der Waals surface area contributed by atoms with Crippen LogP contribution in [0.1, 0.15) is 39.3 Å². The van der Waals surface area contributed by atoms with E-state index in [0.29, 0.717) is 114 Å². The summed E-state index contributed by atoms with van der Waals surface area (Å²) < 4.78 is 24.8. The molecule has 2 aromatic heterocycles. The van der Waals surface area contributed by atoms with Crippen LogP contribution in [-0.4, -0.2) is 32.8 Å². The van der Waals surface area contributed by atoms with Crippen molar-refractivity contribution in [2.24, 2.45) is 9.98 Å². The third kappa shape index (κ3) is 9.90. The Hall–Kier alpha value is -0.277. The van der Waals surface area contributed by atoms with Gasteiger partial charge in [0.25, 0.3) is 0 Å². The number of nitrogens with zero attached hydrogens (tertiary/aromatic N) is 4. The standard InChI is InChI=1S/C47H25Br9Cl4N4O3.Zn/c1-65-46(22-8-16-26(59)17-9-22,43-35(53)31(49)39(62-43)29(21-6-14-25(58)15-7-21)41-33(51)37(55)45(56)64-41)42-34(52)30(48)38(61-42)28(20-4-12-24(57)13-5-20)40-32(50)36(54)44(63-40)47(66-2,67-3)23-10-18-27(60)19-11-23;/h4-19H,1-3H3;/q-2;+2/b38-28-,39-29-;. The van der Waals surface area contributed by atoms with Gasteiger partial charge in [0.05, 0.1) is 40.7 Å². The molecule has 0 N–H and O–H groups in total. The Bertz CT molecular complexity index is 3170. The maximum absolute atomic E-state index is 6.84. The fraction of sp³-hybridized carbons (Fsp3) is 0.106. The third-order valence-corrected chi connectivity index (χ3v) is 21.3. The zero-order valence-electron chi connectivity index (χ0n) is 34.9. The molecule has 2 aliphatic rings. The Morgan fingerprint density at radius 2 is 0.824 bits per heavy atom. The third-order valence-electron chi connectivity index (χ3n) is 10.8. The minimum Gasteiger partial charge on any atom is -0.654 e. The molecule has 8 rings (SSSR count). The molecule has 1 atom stereocenters. The van der Waals surface area contributed by atoms with E-state index < -0.39 is 11.4 Å². The summed E-state index contributed by atoms with van der Waals surface area (Å²) in [6.45, 7) is 0. The second kappa shape index (κ2) is 22.7. The largest absolute Gasteiger partial charge is 2.00 e. The number of allylic oxidation sites excluding steroid dienone is 2. The number of ether oxygens (including phenoxy) is 3. The predicted molar refractivity (Wildman–Crippen MR) is 304 cm³/mol. The van der Waals surface area contributed by atoms with Gasteiger partial charge in [0.1, 0.15) is 0 Å². The van der Waals surface area contributed by atoms with Crippen LogP contribution in [0.15, 0.2) is 159 Å². The average molecular weight is 1620 g/mol. The van der Waals surface area contributed by atoms with Gasteiger partial charge in [-0.25, -0.2) is 9.98 Å². The monoisotopic (exact) mass is 1610 g/mol. The van der Waals surface area contributed by atoms with Crippen molar-refractivity contribution in [3.05, 3.63) is 208 Å². The number of rotatable bonds is 12. The van der Waals surface area contributed by atoms with Crippen LogP contribution in [0.4, 0.5) is 0 Å². The molecule has 6 aromatic rings. The molecule has 0 amide bonds. The molecule has 21 heteroatoms. The van der Waals surface area contributed by atoms with E-state index in [1.54, 1.807) is 45.6 Å². The summed E-state index contributed by atoms with van der Waals surface area (Å²) in [7, 11) is 4.72. The summed E-state index contributed by atoms with van der Waals surface area (Å²) >= 11 is 60.4. The molecule has 0 spiro atoms. The second-order valence-corrected chi connectivity index (χ2v) is 23.2. The Labute approximate surface area is 500 Å². The van der Waals surface area contributed by atoms with Crippen LogP contribution < -0.4 is 9.97 Å². The zero-order valence-corrected chi connectivity index (χ0v) is 55.1. The molecule has 0 aliphatic carbocycles. The maximum atomic E-state index is 6.84. The van der Waals surface area contributed by atoms with Gasteiger partial charge in [-0.3, -0.25) is 0 Å². The summed E-state index contributed by atoms with van der Waals surface area (Å²) in [6, 6.07) is 29.5. The number of benzene rings is 4. The first kappa shape index (κ1) is 55.5. The van der Waals surface area contributed by atoms with E-state index >= 15 is 0 Å². The van der Waals surface area contributed by atoms with Crippen LogP contribution in [0.2, 0.25) is 20.1 Å². The van der Waals surface area contributed by atoms with Gasteiger partial charge in [-0.15, -0.1) is 11.4 Å². The molecule has 0 fully saturated rings. The first-order valence-electron chi connectivity index (χ1n) is 19.1. The molecule has 0 radical (unpaired) electrons. The molecule has 68 heavy (non-hydrogen) atoms. The fourth-order valence-corrected chi connectivity index (χ4v) is 12.7. The van der Waals surface area contributed by atoms with Crippen molar-refractivity contribution in [3.8, 4) is 0 Å².